The summed E-state index contributed by atoms with van der Waals surface area (Å²) < 4.78 is 9.72. The summed E-state index contributed by atoms with van der Waals surface area (Å²) in [6, 6.07) is 4.83. The number of halogens is 1. The average Bonchev–Trinajstić information content (AvgIpc) is 2.58. The van der Waals surface area contributed by atoms with Crippen LogP contribution in [0.3, 0.4) is 0 Å². The highest BCUT2D eigenvalue weighted by molar-refractivity contribution is 9.10. The molecule has 0 aliphatic carbocycles. The molecular weight excluding hydrogens is 398 g/mol. The van der Waals surface area contributed by atoms with E-state index in [0.717, 1.165) is 14.2 Å². The van der Waals surface area contributed by atoms with Crippen molar-refractivity contribution in [1.82, 2.24) is 5.32 Å². The van der Waals surface area contributed by atoms with Gasteiger partial charge in [-0.1, -0.05) is 28.9 Å². The number of carboxylic acids is 1. The Labute approximate surface area is 152 Å². The van der Waals surface area contributed by atoms with Gasteiger partial charge in [0.15, 0.2) is 5.92 Å². The first kappa shape index (κ1) is 20.6. The van der Waals surface area contributed by atoms with Crippen LogP contribution in [-0.4, -0.2) is 49.2 Å². The molecule has 0 aromatic heterocycles. The number of aliphatic carboxylic acids is 1. The van der Waals surface area contributed by atoms with Gasteiger partial charge >= 0.3 is 17.9 Å². The minimum absolute atomic E-state index is 0.223. The van der Waals surface area contributed by atoms with Gasteiger partial charge in [0.25, 0.3) is 5.91 Å². The van der Waals surface area contributed by atoms with Crippen molar-refractivity contribution in [1.29, 1.82) is 0 Å². The van der Waals surface area contributed by atoms with Gasteiger partial charge < -0.3 is 19.9 Å². The smallest absolute Gasteiger partial charge is 0.326 e. The van der Waals surface area contributed by atoms with E-state index in [-0.39, 0.29) is 5.56 Å². The van der Waals surface area contributed by atoms with Gasteiger partial charge in [-0.3, -0.25) is 14.4 Å². The largest absolute Gasteiger partial charge is 0.480 e. The first-order chi connectivity index (χ1) is 11.7. The number of carboxylic acid groups (broad SMARTS) is 1. The molecular formula is C16H18BrNO7. The summed E-state index contributed by atoms with van der Waals surface area (Å²) >= 11 is 3.22. The van der Waals surface area contributed by atoms with E-state index in [2.05, 4.69) is 30.7 Å². The number of nitrogens with one attached hydrogen (secondary N) is 1. The normalized spacial score (nSPS) is 12.8. The second-order valence-electron chi connectivity index (χ2n) is 5.18. The Morgan fingerprint density at radius 1 is 1.12 bits per heavy atom. The van der Waals surface area contributed by atoms with Crippen LogP contribution in [0.15, 0.2) is 28.7 Å². The second-order valence-corrected chi connectivity index (χ2v) is 6.10. The second kappa shape index (κ2) is 9.16. The summed E-state index contributed by atoms with van der Waals surface area (Å²) in [5.41, 5.74) is 0.223. The third-order valence-electron chi connectivity index (χ3n) is 3.60. The quantitative estimate of drug-likeness (QED) is 0.507. The first-order valence-corrected chi connectivity index (χ1v) is 7.97. The minimum Gasteiger partial charge on any atom is -0.480 e. The van der Waals surface area contributed by atoms with E-state index in [0.29, 0.717) is 4.47 Å². The fourth-order valence-corrected chi connectivity index (χ4v) is 2.64. The van der Waals surface area contributed by atoms with Crippen molar-refractivity contribution in [3.63, 3.8) is 0 Å². The van der Waals surface area contributed by atoms with Crippen LogP contribution in [0.4, 0.5) is 0 Å². The van der Waals surface area contributed by atoms with Crippen molar-refractivity contribution in [2.45, 2.75) is 13.0 Å². The summed E-state index contributed by atoms with van der Waals surface area (Å²) in [6.45, 7) is 1.35. The van der Waals surface area contributed by atoms with E-state index >= 15 is 0 Å². The SMILES string of the molecule is COC(=O)C(C(=O)OC)[C@H](C)[C@@H](NC(=O)c1cccc(Br)c1)C(=O)O. The van der Waals surface area contributed by atoms with Crippen molar-refractivity contribution in [2.75, 3.05) is 14.2 Å². The Balaban J connectivity index is 3.08. The van der Waals surface area contributed by atoms with Crippen molar-refractivity contribution < 1.29 is 33.8 Å². The van der Waals surface area contributed by atoms with Crippen LogP contribution in [0.25, 0.3) is 0 Å². The Morgan fingerprint density at radius 2 is 1.68 bits per heavy atom. The lowest BCUT2D eigenvalue weighted by Gasteiger charge is -2.26. The van der Waals surface area contributed by atoms with Gasteiger partial charge in [-0.15, -0.1) is 0 Å². The molecule has 1 rings (SSSR count). The minimum atomic E-state index is -1.50. The summed E-state index contributed by atoms with van der Waals surface area (Å²) in [4.78, 5) is 47.6. The molecule has 1 amide bonds. The maximum atomic E-state index is 12.3. The molecule has 1 aromatic rings. The molecule has 2 atom stereocenters. The zero-order valence-corrected chi connectivity index (χ0v) is 15.4. The molecule has 9 heteroatoms. The van der Waals surface area contributed by atoms with Crippen LogP contribution >= 0.6 is 15.9 Å². The van der Waals surface area contributed by atoms with Crippen LogP contribution in [0, 0.1) is 11.8 Å². The van der Waals surface area contributed by atoms with Crippen LogP contribution < -0.4 is 5.32 Å². The number of amides is 1. The van der Waals surface area contributed by atoms with Gasteiger partial charge in [0.05, 0.1) is 14.2 Å². The van der Waals surface area contributed by atoms with Gasteiger partial charge in [-0.25, -0.2) is 4.79 Å². The van der Waals surface area contributed by atoms with Crippen LogP contribution in [0.2, 0.25) is 0 Å². The zero-order chi connectivity index (χ0) is 19.1. The number of hydrogen-bond acceptors (Lipinski definition) is 6. The Kier molecular flexibility index (Phi) is 7.56. The van der Waals surface area contributed by atoms with Crippen molar-refractivity contribution in [3.8, 4) is 0 Å². The summed E-state index contributed by atoms with van der Waals surface area (Å²) in [5.74, 6) is -6.53. The molecule has 0 spiro atoms. The van der Waals surface area contributed by atoms with Gasteiger partial charge in [0, 0.05) is 16.0 Å². The number of hydrogen-bond donors (Lipinski definition) is 2. The number of methoxy groups -OCH3 is 2. The van der Waals surface area contributed by atoms with Crippen molar-refractivity contribution in [3.05, 3.63) is 34.3 Å². The van der Waals surface area contributed by atoms with E-state index in [4.69, 9.17) is 0 Å². The molecule has 0 aliphatic rings. The van der Waals surface area contributed by atoms with Crippen LogP contribution in [0.1, 0.15) is 17.3 Å². The first-order valence-electron chi connectivity index (χ1n) is 7.17. The predicted molar refractivity (Wildman–Crippen MR) is 89.7 cm³/mol. The van der Waals surface area contributed by atoms with E-state index in [1.807, 2.05) is 0 Å². The molecule has 136 valence electrons. The molecule has 1 aromatic carbocycles. The molecule has 0 fully saturated rings. The van der Waals surface area contributed by atoms with Gasteiger partial charge in [0.2, 0.25) is 0 Å². The number of benzene rings is 1. The highest BCUT2D eigenvalue weighted by atomic mass is 79.9. The highest BCUT2D eigenvalue weighted by Crippen LogP contribution is 2.20. The van der Waals surface area contributed by atoms with E-state index in [1.54, 1.807) is 12.1 Å². The van der Waals surface area contributed by atoms with Crippen molar-refractivity contribution in [2.24, 2.45) is 11.8 Å². The van der Waals surface area contributed by atoms with E-state index < -0.39 is 41.7 Å². The lowest BCUT2D eigenvalue weighted by atomic mass is 9.87. The van der Waals surface area contributed by atoms with Crippen LogP contribution in [0.5, 0.6) is 0 Å². The lowest BCUT2D eigenvalue weighted by molar-refractivity contribution is -0.162. The molecule has 0 saturated heterocycles. The van der Waals surface area contributed by atoms with Gasteiger partial charge in [0.1, 0.15) is 6.04 Å². The number of carbonyl (C=O) groups excluding carboxylic acids is 3. The number of esters is 2. The summed E-state index contributed by atoms with van der Waals surface area (Å²) in [7, 11) is 2.14. The number of carbonyl (C=O) groups is 4. The maximum absolute atomic E-state index is 12.3. The Morgan fingerprint density at radius 3 is 2.12 bits per heavy atom. The van der Waals surface area contributed by atoms with Crippen LogP contribution in [-0.2, 0) is 23.9 Å². The fourth-order valence-electron chi connectivity index (χ4n) is 2.24. The molecule has 0 heterocycles. The molecule has 0 aliphatic heterocycles. The van der Waals surface area contributed by atoms with E-state index in [1.165, 1.54) is 19.1 Å². The topological polar surface area (TPSA) is 119 Å². The molecule has 2 N–H and O–H groups in total. The molecule has 0 radical (unpaired) electrons. The molecule has 25 heavy (non-hydrogen) atoms. The monoisotopic (exact) mass is 415 g/mol. The maximum Gasteiger partial charge on any atom is 0.326 e. The molecule has 8 nitrogen and oxygen atoms in total. The third-order valence-corrected chi connectivity index (χ3v) is 4.09. The fraction of sp³-hybridized carbons (Fsp3) is 0.375. The van der Waals surface area contributed by atoms with E-state index in [9.17, 15) is 24.3 Å². The average molecular weight is 416 g/mol. The number of rotatable bonds is 7. The van der Waals surface area contributed by atoms with Gasteiger partial charge in [-0.05, 0) is 18.2 Å². The molecule has 0 saturated carbocycles. The zero-order valence-electron chi connectivity index (χ0n) is 13.8. The molecule has 0 unspecified atom stereocenters. The Bertz CT molecular complexity index is 660. The standard InChI is InChI=1S/C16H18BrNO7/c1-8(11(15(22)24-2)16(23)25-3)12(14(20)21)18-13(19)9-5-4-6-10(17)7-9/h4-8,11-12H,1-3H3,(H,18,19)(H,20,21)/t8-,12+/m0/s1. The highest BCUT2D eigenvalue weighted by Gasteiger charge is 2.42. The van der Waals surface area contributed by atoms with Crippen molar-refractivity contribution >= 4 is 39.7 Å². The molecule has 0 bridgehead atoms. The number of ether oxygens (including phenoxy) is 2. The Hall–Kier alpha value is -2.42. The summed E-state index contributed by atoms with van der Waals surface area (Å²) in [6.07, 6.45) is 0. The third kappa shape index (κ3) is 5.28. The van der Waals surface area contributed by atoms with Gasteiger partial charge in [-0.2, -0.15) is 0 Å². The lowest BCUT2D eigenvalue weighted by Crippen LogP contribution is -2.50. The summed E-state index contributed by atoms with van der Waals surface area (Å²) in [5, 5.41) is 11.7. The predicted octanol–water partition coefficient (Wildman–Crippen LogP) is 1.23.